The van der Waals surface area contributed by atoms with Crippen molar-refractivity contribution in [3.8, 4) is 5.75 Å². The fourth-order valence-electron chi connectivity index (χ4n) is 1.01. The molecule has 1 aromatic carbocycles. The molecular weight excluding hydrogens is 196 g/mol. The summed E-state index contributed by atoms with van der Waals surface area (Å²) < 4.78 is 5.10. The van der Waals surface area contributed by atoms with Crippen LogP contribution in [0.25, 0.3) is 0 Å². The van der Waals surface area contributed by atoms with Gasteiger partial charge < -0.3 is 15.3 Å². The Hall–Kier alpha value is -1.59. The number of amides is 1. The zero-order valence-electron chi connectivity index (χ0n) is 8.53. The van der Waals surface area contributed by atoms with E-state index in [-0.39, 0.29) is 6.61 Å². The summed E-state index contributed by atoms with van der Waals surface area (Å²) in [6.07, 6.45) is 0. The Balaban J connectivity index is 2.45. The molecule has 0 spiro atoms. The zero-order valence-corrected chi connectivity index (χ0v) is 8.53. The standard InChI is InChI=1S/C10H14N2O3/c1-14-12-6-8-2-4-9(5-3-8)15-7-10(11)13/h2-5,12H,6-7H2,1H3,(H2,11,13). The highest BCUT2D eigenvalue weighted by atomic mass is 16.6. The predicted octanol–water partition coefficient (Wildman–Crippen LogP) is 0.202. The number of nitrogens with one attached hydrogen (secondary N) is 1. The van der Waals surface area contributed by atoms with Crippen LogP contribution >= 0.6 is 0 Å². The summed E-state index contributed by atoms with van der Waals surface area (Å²) in [7, 11) is 1.56. The molecule has 0 bridgehead atoms. The topological polar surface area (TPSA) is 73.6 Å². The molecule has 1 amide bonds. The Morgan fingerprint density at radius 1 is 1.40 bits per heavy atom. The summed E-state index contributed by atoms with van der Waals surface area (Å²) in [6.45, 7) is 0.516. The largest absolute Gasteiger partial charge is 0.484 e. The van der Waals surface area contributed by atoms with Crippen molar-refractivity contribution in [2.24, 2.45) is 5.73 Å². The lowest BCUT2D eigenvalue weighted by atomic mass is 10.2. The van der Waals surface area contributed by atoms with E-state index >= 15 is 0 Å². The van der Waals surface area contributed by atoms with Crippen molar-refractivity contribution in [1.29, 1.82) is 0 Å². The van der Waals surface area contributed by atoms with E-state index in [9.17, 15) is 4.79 Å². The maximum Gasteiger partial charge on any atom is 0.255 e. The van der Waals surface area contributed by atoms with Gasteiger partial charge in [-0.05, 0) is 17.7 Å². The molecule has 0 aliphatic carbocycles. The fourth-order valence-corrected chi connectivity index (χ4v) is 1.01. The average Bonchev–Trinajstić information content (AvgIpc) is 2.25. The SMILES string of the molecule is CONCc1ccc(OCC(N)=O)cc1. The van der Waals surface area contributed by atoms with E-state index in [2.05, 4.69) is 5.48 Å². The molecule has 5 nitrogen and oxygen atoms in total. The average molecular weight is 210 g/mol. The Morgan fingerprint density at radius 2 is 2.07 bits per heavy atom. The molecule has 0 aliphatic rings. The second kappa shape index (κ2) is 6.00. The van der Waals surface area contributed by atoms with Crippen molar-refractivity contribution >= 4 is 5.91 Å². The van der Waals surface area contributed by atoms with Gasteiger partial charge in [0.1, 0.15) is 5.75 Å². The van der Waals surface area contributed by atoms with Crippen molar-refractivity contribution in [1.82, 2.24) is 5.48 Å². The molecule has 1 aromatic rings. The first-order valence-electron chi connectivity index (χ1n) is 4.48. The van der Waals surface area contributed by atoms with E-state index in [0.29, 0.717) is 12.3 Å². The molecule has 0 atom stereocenters. The quantitative estimate of drug-likeness (QED) is 0.658. The molecule has 0 fully saturated rings. The van der Waals surface area contributed by atoms with Gasteiger partial charge in [-0.1, -0.05) is 12.1 Å². The highest BCUT2D eigenvalue weighted by Crippen LogP contribution is 2.11. The Labute approximate surface area is 88.1 Å². The Morgan fingerprint density at radius 3 is 2.60 bits per heavy atom. The molecule has 0 aliphatic heterocycles. The van der Waals surface area contributed by atoms with Crippen molar-refractivity contribution in [2.75, 3.05) is 13.7 Å². The predicted molar refractivity (Wildman–Crippen MR) is 55.0 cm³/mol. The number of carbonyl (C=O) groups excluding carboxylic acids is 1. The van der Waals surface area contributed by atoms with Crippen LogP contribution in [-0.2, 0) is 16.2 Å². The Kier molecular flexibility index (Phi) is 4.59. The molecule has 0 saturated carbocycles. The van der Waals surface area contributed by atoms with Crippen molar-refractivity contribution in [3.63, 3.8) is 0 Å². The third kappa shape index (κ3) is 4.44. The summed E-state index contributed by atoms with van der Waals surface area (Å²) in [6, 6.07) is 7.30. The first-order valence-corrected chi connectivity index (χ1v) is 4.48. The zero-order chi connectivity index (χ0) is 11.1. The Bertz CT molecular complexity index is 311. The van der Waals surface area contributed by atoms with Gasteiger partial charge in [0, 0.05) is 6.54 Å². The molecule has 1 rings (SSSR count). The molecule has 0 radical (unpaired) electrons. The molecule has 0 heterocycles. The minimum Gasteiger partial charge on any atom is -0.484 e. The third-order valence-corrected chi connectivity index (χ3v) is 1.73. The van der Waals surface area contributed by atoms with E-state index in [0.717, 1.165) is 5.56 Å². The lowest BCUT2D eigenvalue weighted by molar-refractivity contribution is -0.119. The van der Waals surface area contributed by atoms with Gasteiger partial charge >= 0.3 is 0 Å². The first-order chi connectivity index (χ1) is 7.22. The van der Waals surface area contributed by atoms with Crippen molar-refractivity contribution in [2.45, 2.75) is 6.54 Å². The molecule has 15 heavy (non-hydrogen) atoms. The monoisotopic (exact) mass is 210 g/mol. The molecule has 3 N–H and O–H groups in total. The van der Waals surface area contributed by atoms with Crippen LogP contribution in [0, 0.1) is 0 Å². The second-order valence-corrected chi connectivity index (χ2v) is 2.92. The second-order valence-electron chi connectivity index (χ2n) is 2.92. The molecule has 0 saturated heterocycles. The minimum absolute atomic E-state index is 0.102. The summed E-state index contributed by atoms with van der Waals surface area (Å²) in [5, 5.41) is 0. The van der Waals surface area contributed by atoms with Crippen LogP contribution < -0.4 is 16.0 Å². The van der Waals surface area contributed by atoms with Crippen molar-refractivity contribution in [3.05, 3.63) is 29.8 Å². The maximum absolute atomic E-state index is 10.5. The van der Waals surface area contributed by atoms with Crippen LogP contribution in [0.2, 0.25) is 0 Å². The number of hydrogen-bond acceptors (Lipinski definition) is 4. The van der Waals surface area contributed by atoms with Gasteiger partial charge in [0.15, 0.2) is 6.61 Å². The van der Waals surface area contributed by atoms with Crippen LogP contribution in [0.1, 0.15) is 5.56 Å². The van der Waals surface area contributed by atoms with Crippen LogP contribution in [0.15, 0.2) is 24.3 Å². The smallest absolute Gasteiger partial charge is 0.255 e. The fraction of sp³-hybridized carbons (Fsp3) is 0.300. The third-order valence-electron chi connectivity index (χ3n) is 1.73. The number of primary amides is 1. The van der Waals surface area contributed by atoms with E-state index in [1.54, 1.807) is 19.2 Å². The van der Waals surface area contributed by atoms with Crippen LogP contribution in [0.3, 0.4) is 0 Å². The number of rotatable bonds is 6. The number of hydroxylamine groups is 1. The molecule has 82 valence electrons. The number of ether oxygens (including phenoxy) is 1. The van der Waals surface area contributed by atoms with Gasteiger partial charge in [0.2, 0.25) is 0 Å². The van der Waals surface area contributed by atoms with E-state index in [1.165, 1.54) is 0 Å². The van der Waals surface area contributed by atoms with Crippen LogP contribution in [0.5, 0.6) is 5.75 Å². The first kappa shape index (κ1) is 11.5. The summed E-state index contributed by atoms with van der Waals surface area (Å²) in [5.41, 5.74) is 8.72. The molecule has 0 aromatic heterocycles. The number of carbonyl (C=O) groups is 1. The number of hydrogen-bond donors (Lipinski definition) is 2. The van der Waals surface area contributed by atoms with Crippen molar-refractivity contribution < 1.29 is 14.4 Å². The summed E-state index contributed by atoms with van der Waals surface area (Å²) >= 11 is 0. The summed E-state index contributed by atoms with van der Waals surface area (Å²) in [4.78, 5) is 15.2. The number of benzene rings is 1. The van der Waals surface area contributed by atoms with E-state index in [1.807, 2.05) is 12.1 Å². The summed E-state index contributed by atoms with van der Waals surface area (Å²) in [5.74, 6) is 0.134. The van der Waals surface area contributed by atoms with Crippen LogP contribution in [0.4, 0.5) is 0 Å². The van der Waals surface area contributed by atoms with Gasteiger partial charge in [-0.15, -0.1) is 0 Å². The highest BCUT2D eigenvalue weighted by Gasteiger charge is 1.97. The van der Waals surface area contributed by atoms with E-state index in [4.69, 9.17) is 15.3 Å². The van der Waals surface area contributed by atoms with Gasteiger partial charge in [-0.2, -0.15) is 5.48 Å². The molecule has 0 unspecified atom stereocenters. The highest BCUT2D eigenvalue weighted by molar-refractivity contribution is 5.75. The van der Waals surface area contributed by atoms with Gasteiger partial charge in [0.25, 0.3) is 5.91 Å². The van der Waals surface area contributed by atoms with Gasteiger partial charge in [0.05, 0.1) is 7.11 Å². The maximum atomic E-state index is 10.5. The van der Waals surface area contributed by atoms with Gasteiger partial charge in [-0.3, -0.25) is 4.79 Å². The van der Waals surface area contributed by atoms with E-state index < -0.39 is 5.91 Å². The minimum atomic E-state index is -0.486. The lowest BCUT2D eigenvalue weighted by Crippen LogP contribution is -2.20. The number of nitrogens with two attached hydrogens (primary N) is 1. The molecule has 5 heteroatoms. The van der Waals surface area contributed by atoms with Crippen LogP contribution in [-0.4, -0.2) is 19.6 Å². The normalized spacial score (nSPS) is 9.93. The van der Waals surface area contributed by atoms with Gasteiger partial charge in [-0.25, -0.2) is 0 Å². The molecular formula is C10H14N2O3. The lowest BCUT2D eigenvalue weighted by Gasteiger charge is -2.05.